The van der Waals surface area contributed by atoms with E-state index in [0.29, 0.717) is 27.8 Å². The number of nitrogens with two attached hydrogens (primary N) is 1. The summed E-state index contributed by atoms with van der Waals surface area (Å²) in [5.74, 6) is -2.19. The summed E-state index contributed by atoms with van der Waals surface area (Å²) in [6, 6.07) is 15.2. The van der Waals surface area contributed by atoms with Gasteiger partial charge in [0.15, 0.2) is 5.69 Å². The molecule has 13 heteroatoms. The second kappa shape index (κ2) is 9.30. The van der Waals surface area contributed by atoms with Crippen molar-refractivity contribution < 1.29 is 22.4 Å². The number of hydrogen-bond donors (Lipinski definition) is 3. The molecule has 0 radical (unpaired) electrons. The number of aromatic nitrogens is 4. The Bertz CT molecular complexity index is 1720. The molecule has 0 aliphatic rings. The van der Waals surface area contributed by atoms with E-state index in [0.717, 1.165) is 10.7 Å². The lowest BCUT2D eigenvalue weighted by molar-refractivity contribution is -0.141. The molecule has 0 bridgehead atoms. The third-order valence-electron chi connectivity index (χ3n) is 5.62. The van der Waals surface area contributed by atoms with Crippen molar-refractivity contribution in [1.82, 2.24) is 19.3 Å². The van der Waals surface area contributed by atoms with E-state index >= 15 is 4.39 Å². The Morgan fingerprint density at radius 1 is 1.03 bits per heavy atom. The fourth-order valence-electron chi connectivity index (χ4n) is 3.81. The number of amides is 1. The van der Waals surface area contributed by atoms with Crippen LogP contribution in [0.4, 0.5) is 23.2 Å². The van der Waals surface area contributed by atoms with Crippen LogP contribution in [0, 0.1) is 11.2 Å². The first kappa shape index (κ1) is 25.0. The number of imidazole rings is 1. The average Bonchev–Trinajstić information content (AvgIpc) is 3.50. The van der Waals surface area contributed by atoms with E-state index in [2.05, 4.69) is 15.4 Å². The third kappa shape index (κ3) is 4.68. The number of nitrogens with zero attached hydrogens (tertiary/aromatic N) is 4. The molecule has 2 aromatic heterocycles. The molecule has 0 atom stereocenters. The summed E-state index contributed by atoms with van der Waals surface area (Å²) in [7, 11) is 0. The zero-order valence-electron chi connectivity index (χ0n) is 19.1. The number of amidine groups is 1. The van der Waals surface area contributed by atoms with Crippen LogP contribution in [-0.4, -0.2) is 31.1 Å². The van der Waals surface area contributed by atoms with E-state index in [1.165, 1.54) is 42.7 Å². The predicted molar refractivity (Wildman–Crippen MR) is 134 cm³/mol. The third-order valence-corrected chi connectivity index (χ3v) is 5.86. The van der Waals surface area contributed by atoms with E-state index in [1.807, 2.05) is 0 Å². The summed E-state index contributed by atoms with van der Waals surface area (Å²) in [6.45, 7) is 0. The van der Waals surface area contributed by atoms with Crippen molar-refractivity contribution in [3.63, 3.8) is 0 Å². The number of fused-ring (bicyclic) bond motifs is 1. The second-order valence-electron chi connectivity index (χ2n) is 8.15. The summed E-state index contributed by atoms with van der Waals surface area (Å²) in [6.07, 6.45) is -3.36. The van der Waals surface area contributed by atoms with Gasteiger partial charge in [-0.15, -0.1) is 0 Å². The predicted octanol–water partition coefficient (Wildman–Crippen LogP) is 5.56. The fourth-order valence-corrected chi connectivity index (χ4v) is 3.98. The molecule has 8 nitrogen and oxygen atoms in total. The maximum absolute atomic E-state index is 15.0. The Morgan fingerprint density at radius 2 is 1.82 bits per heavy atom. The molecule has 0 aliphatic heterocycles. The largest absolute Gasteiger partial charge is 0.435 e. The minimum Gasteiger partial charge on any atom is -0.384 e. The van der Waals surface area contributed by atoms with Crippen LogP contribution in [0.5, 0.6) is 0 Å². The van der Waals surface area contributed by atoms with Crippen LogP contribution in [0.3, 0.4) is 0 Å². The van der Waals surface area contributed by atoms with Crippen molar-refractivity contribution >= 4 is 40.1 Å². The lowest BCUT2D eigenvalue weighted by atomic mass is 10.2. The number of benzene rings is 3. The zero-order valence-corrected chi connectivity index (χ0v) is 19.8. The minimum absolute atomic E-state index is 0.0554. The van der Waals surface area contributed by atoms with Gasteiger partial charge in [0.2, 0.25) is 0 Å². The van der Waals surface area contributed by atoms with Crippen LogP contribution in [0.25, 0.3) is 22.4 Å². The van der Waals surface area contributed by atoms with E-state index in [-0.39, 0.29) is 22.8 Å². The summed E-state index contributed by atoms with van der Waals surface area (Å²) in [5, 5.41) is 13.9. The molecule has 192 valence electrons. The zero-order chi connectivity index (χ0) is 27.2. The Hall–Kier alpha value is -4.71. The molecule has 0 aliphatic carbocycles. The Morgan fingerprint density at radius 3 is 2.53 bits per heavy atom. The normalized spacial score (nSPS) is 11.6. The van der Waals surface area contributed by atoms with Crippen LogP contribution in [0.1, 0.15) is 21.7 Å². The van der Waals surface area contributed by atoms with E-state index in [9.17, 15) is 18.0 Å². The molecule has 0 saturated carbocycles. The molecule has 2 heterocycles. The number of rotatable bonds is 5. The summed E-state index contributed by atoms with van der Waals surface area (Å²) < 4.78 is 57.7. The van der Waals surface area contributed by atoms with E-state index in [4.69, 9.17) is 22.7 Å². The SMILES string of the molecule is N=C(N)c1cccc(-n2nc(C(F)(F)F)cc2C(=O)Nc2ccc(-n3cnc4ccc(Cl)cc43)cc2F)c1. The molecule has 0 unspecified atom stereocenters. The van der Waals surface area contributed by atoms with Crippen LogP contribution < -0.4 is 11.1 Å². The highest BCUT2D eigenvalue weighted by molar-refractivity contribution is 6.31. The van der Waals surface area contributed by atoms with Crippen molar-refractivity contribution in [3.8, 4) is 11.4 Å². The van der Waals surface area contributed by atoms with Gasteiger partial charge in [-0.05, 0) is 42.5 Å². The first-order valence-electron chi connectivity index (χ1n) is 10.9. The minimum atomic E-state index is -4.85. The van der Waals surface area contributed by atoms with E-state index < -0.39 is 29.3 Å². The highest BCUT2D eigenvalue weighted by Gasteiger charge is 2.36. The number of halogens is 5. The Kier molecular flexibility index (Phi) is 6.11. The van der Waals surface area contributed by atoms with Crippen molar-refractivity contribution in [1.29, 1.82) is 5.41 Å². The van der Waals surface area contributed by atoms with Crippen LogP contribution in [0.15, 0.2) is 73.1 Å². The molecule has 3 aromatic carbocycles. The van der Waals surface area contributed by atoms with Gasteiger partial charge in [0, 0.05) is 22.7 Å². The number of hydrogen-bond acceptors (Lipinski definition) is 4. The van der Waals surface area contributed by atoms with E-state index in [1.54, 1.807) is 22.8 Å². The molecular formula is C25H16ClF4N7O. The smallest absolute Gasteiger partial charge is 0.384 e. The standard InChI is InChI=1S/C25H16ClF4N7O/c26-14-4-6-19-20(9-14)36(12-33-19)15-5-7-18(17(27)10-15)34-24(38)21-11-22(25(28,29)30)35-37(21)16-3-1-2-13(8-16)23(31)32/h1-12H,(H3,31,32)(H,34,38). The lowest BCUT2D eigenvalue weighted by Crippen LogP contribution is -2.18. The number of alkyl halides is 3. The maximum atomic E-state index is 15.0. The maximum Gasteiger partial charge on any atom is 0.435 e. The van der Waals surface area contributed by atoms with Gasteiger partial charge in [-0.2, -0.15) is 18.3 Å². The van der Waals surface area contributed by atoms with Crippen molar-refractivity contribution in [2.45, 2.75) is 6.18 Å². The molecular weight excluding hydrogens is 526 g/mol. The van der Waals surface area contributed by atoms with Crippen LogP contribution >= 0.6 is 11.6 Å². The van der Waals surface area contributed by atoms with Gasteiger partial charge in [-0.25, -0.2) is 14.1 Å². The molecule has 0 fully saturated rings. The molecule has 5 aromatic rings. The molecule has 5 rings (SSSR count). The van der Waals surface area contributed by atoms with Crippen molar-refractivity contribution in [3.05, 3.63) is 101 Å². The van der Waals surface area contributed by atoms with Crippen molar-refractivity contribution in [2.75, 3.05) is 5.32 Å². The van der Waals surface area contributed by atoms with Crippen molar-refractivity contribution in [2.24, 2.45) is 5.73 Å². The number of anilines is 1. The van der Waals surface area contributed by atoms with Gasteiger partial charge in [-0.3, -0.25) is 14.8 Å². The Balaban J connectivity index is 1.49. The van der Waals surface area contributed by atoms with Gasteiger partial charge in [-0.1, -0.05) is 23.7 Å². The molecule has 1 amide bonds. The average molecular weight is 542 g/mol. The highest BCUT2D eigenvalue weighted by atomic mass is 35.5. The molecule has 0 spiro atoms. The lowest BCUT2D eigenvalue weighted by Gasteiger charge is -2.11. The topological polar surface area (TPSA) is 115 Å². The van der Waals surface area contributed by atoms with Gasteiger partial charge in [0.1, 0.15) is 23.7 Å². The highest BCUT2D eigenvalue weighted by Crippen LogP contribution is 2.30. The van der Waals surface area contributed by atoms with Gasteiger partial charge >= 0.3 is 6.18 Å². The number of carbonyl (C=O) groups excluding carboxylic acids is 1. The fraction of sp³-hybridized carbons (Fsp3) is 0.0400. The monoisotopic (exact) mass is 541 g/mol. The summed E-state index contributed by atoms with van der Waals surface area (Å²) in [4.78, 5) is 17.3. The first-order valence-corrected chi connectivity index (χ1v) is 11.2. The van der Waals surface area contributed by atoms with Crippen LogP contribution in [-0.2, 0) is 6.18 Å². The Labute approximate surface area is 216 Å². The quantitative estimate of drug-likeness (QED) is 0.153. The number of nitrogen functional groups attached to an aromatic ring is 1. The number of nitrogens with one attached hydrogen (secondary N) is 2. The second-order valence-corrected chi connectivity index (χ2v) is 8.59. The number of carbonyl (C=O) groups is 1. The summed E-state index contributed by atoms with van der Waals surface area (Å²) in [5.41, 5.74) is 5.31. The molecule has 38 heavy (non-hydrogen) atoms. The van der Waals surface area contributed by atoms with Gasteiger partial charge in [0.25, 0.3) is 5.91 Å². The van der Waals surface area contributed by atoms with Gasteiger partial charge in [0.05, 0.1) is 28.1 Å². The van der Waals surface area contributed by atoms with Gasteiger partial charge < -0.3 is 11.1 Å². The molecule has 4 N–H and O–H groups in total. The van der Waals surface area contributed by atoms with Crippen LogP contribution in [0.2, 0.25) is 5.02 Å². The molecule has 0 saturated heterocycles. The summed E-state index contributed by atoms with van der Waals surface area (Å²) >= 11 is 6.06. The first-order chi connectivity index (χ1) is 18.0.